The number of hydrogen-bond acceptors (Lipinski definition) is 8. The molecule has 0 bridgehead atoms. The number of aliphatic hydroxyl groups is 1. The first kappa shape index (κ1) is 21.0. The lowest BCUT2D eigenvalue weighted by Crippen LogP contribution is -2.40. The summed E-state index contributed by atoms with van der Waals surface area (Å²) < 4.78 is 1.20. The Morgan fingerprint density at radius 3 is 2.83 bits per heavy atom. The van der Waals surface area contributed by atoms with Gasteiger partial charge in [0.1, 0.15) is 5.82 Å². The Bertz CT molecular complexity index is 848. The minimum Gasteiger partial charge on any atom is -0.396 e. The molecule has 2 atom stereocenters. The van der Waals surface area contributed by atoms with Crippen LogP contribution < -0.4 is 15.9 Å². The maximum absolute atomic E-state index is 9.27. The molecule has 2 aliphatic rings. The Kier molecular flexibility index (Phi) is 6.15. The normalized spacial score (nSPS) is 23.5. The number of hydrazine groups is 1. The molecule has 160 valence electrons. The van der Waals surface area contributed by atoms with Gasteiger partial charge >= 0.3 is 0 Å². The third kappa shape index (κ3) is 4.92. The minimum absolute atomic E-state index is 0.165. The number of nitrogens with two attached hydrogens (primary N) is 1. The summed E-state index contributed by atoms with van der Waals surface area (Å²) in [7, 11) is 0.840. The number of aliphatic hydroxyl groups excluding tert-OH is 1. The fraction of sp³-hybridized carbons (Fsp3) is 0.600. The molecular weight excluding hydrogens is 404 g/mol. The van der Waals surface area contributed by atoms with Crippen molar-refractivity contribution < 1.29 is 5.11 Å². The van der Waals surface area contributed by atoms with E-state index in [0.29, 0.717) is 12.5 Å². The van der Waals surface area contributed by atoms with E-state index in [2.05, 4.69) is 52.4 Å². The highest BCUT2D eigenvalue weighted by Gasteiger charge is 2.39. The van der Waals surface area contributed by atoms with Gasteiger partial charge in [0.25, 0.3) is 0 Å². The Balaban J connectivity index is 1.58. The molecule has 1 aliphatic heterocycles. The van der Waals surface area contributed by atoms with Gasteiger partial charge in [-0.1, -0.05) is 0 Å². The van der Waals surface area contributed by atoms with Gasteiger partial charge in [0, 0.05) is 31.5 Å². The average Bonchev–Trinajstić information content (AvgIpc) is 3.28. The van der Waals surface area contributed by atoms with Crippen LogP contribution in [0.5, 0.6) is 0 Å². The van der Waals surface area contributed by atoms with Gasteiger partial charge < -0.3 is 10.4 Å². The third-order valence-corrected chi connectivity index (χ3v) is 9.19. The second kappa shape index (κ2) is 8.49. The molecule has 2 aromatic heterocycles. The van der Waals surface area contributed by atoms with Gasteiger partial charge in [-0.3, -0.25) is 10.6 Å². The molecule has 1 saturated carbocycles. The highest BCUT2D eigenvalue weighted by atomic mass is 32.3. The molecule has 1 saturated heterocycles. The van der Waals surface area contributed by atoms with Crippen molar-refractivity contribution in [1.29, 1.82) is 0 Å². The van der Waals surface area contributed by atoms with E-state index in [1.54, 1.807) is 11.3 Å². The fourth-order valence-corrected chi connectivity index (χ4v) is 5.96. The van der Waals surface area contributed by atoms with E-state index in [9.17, 15) is 5.11 Å². The summed E-state index contributed by atoms with van der Waals surface area (Å²) in [5.41, 5.74) is 4.64. The molecule has 0 amide bonds. The van der Waals surface area contributed by atoms with Gasteiger partial charge in [-0.2, -0.15) is 10.2 Å². The van der Waals surface area contributed by atoms with Crippen LogP contribution in [-0.2, 0) is 6.42 Å². The quantitative estimate of drug-likeness (QED) is 0.505. The molecule has 7 nitrogen and oxygen atoms in total. The highest BCUT2D eigenvalue weighted by Crippen LogP contribution is 2.47. The number of hydrogen-bond donors (Lipinski definition) is 4. The van der Waals surface area contributed by atoms with E-state index in [0.717, 1.165) is 40.8 Å². The van der Waals surface area contributed by atoms with Gasteiger partial charge in [-0.05, 0) is 62.7 Å². The summed E-state index contributed by atoms with van der Waals surface area (Å²) in [4.78, 5) is 10.6. The largest absolute Gasteiger partial charge is 0.396 e. The lowest BCUT2D eigenvalue weighted by atomic mass is 10.1. The second-order valence-electron chi connectivity index (χ2n) is 8.50. The van der Waals surface area contributed by atoms with E-state index < -0.39 is 10.2 Å². The molecule has 0 spiro atoms. The first-order chi connectivity index (χ1) is 13.8. The van der Waals surface area contributed by atoms with E-state index >= 15 is 0 Å². The number of rotatable bonds is 8. The number of aryl methyl sites for hydroxylation is 1. The van der Waals surface area contributed by atoms with E-state index in [1.165, 1.54) is 17.1 Å². The van der Waals surface area contributed by atoms with Crippen LogP contribution in [-0.4, -0.2) is 58.5 Å². The number of nitrogens with one attached hydrogen (secondary N) is 2. The second-order valence-corrected chi connectivity index (χ2v) is 13.1. The van der Waals surface area contributed by atoms with Crippen molar-refractivity contribution in [3.63, 3.8) is 0 Å². The monoisotopic (exact) mass is 436 g/mol. The Morgan fingerprint density at radius 2 is 2.17 bits per heavy atom. The molecule has 3 heterocycles. The SMILES string of the molecule is CN1NC(C2CC2)CC1Nc1nc(-c2ccc(S(C)(C)N)s2)ncc1CCCO. The fourth-order valence-electron chi connectivity index (χ4n) is 3.74. The van der Waals surface area contributed by atoms with Gasteiger partial charge in [-0.15, -0.1) is 11.3 Å². The highest BCUT2D eigenvalue weighted by molar-refractivity contribution is 8.32. The number of anilines is 1. The van der Waals surface area contributed by atoms with Crippen LogP contribution in [0.25, 0.3) is 10.7 Å². The smallest absolute Gasteiger partial charge is 0.171 e. The predicted octanol–water partition coefficient (Wildman–Crippen LogP) is 2.78. The van der Waals surface area contributed by atoms with E-state index in [1.807, 2.05) is 6.20 Å². The Labute approximate surface area is 178 Å². The van der Waals surface area contributed by atoms with Crippen molar-refractivity contribution in [2.45, 2.75) is 48.5 Å². The van der Waals surface area contributed by atoms with Gasteiger partial charge in [0.05, 0.1) is 15.3 Å². The summed E-state index contributed by atoms with van der Waals surface area (Å²) in [6, 6.07) is 4.72. The van der Waals surface area contributed by atoms with Crippen molar-refractivity contribution >= 4 is 27.4 Å². The predicted molar refractivity (Wildman–Crippen MR) is 122 cm³/mol. The zero-order valence-corrected chi connectivity index (χ0v) is 19.0. The van der Waals surface area contributed by atoms with Crippen LogP contribution in [0.15, 0.2) is 22.5 Å². The molecule has 29 heavy (non-hydrogen) atoms. The summed E-state index contributed by atoms with van der Waals surface area (Å²) in [5.74, 6) is 2.41. The van der Waals surface area contributed by atoms with Gasteiger partial charge in [-0.25, -0.2) is 15.0 Å². The van der Waals surface area contributed by atoms with Crippen LogP contribution in [0.1, 0.15) is 31.2 Å². The molecule has 4 rings (SSSR count). The van der Waals surface area contributed by atoms with Crippen LogP contribution in [0.2, 0.25) is 0 Å². The van der Waals surface area contributed by atoms with Crippen molar-refractivity contribution in [3.8, 4) is 10.7 Å². The zero-order chi connectivity index (χ0) is 20.6. The summed E-state index contributed by atoms with van der Waals surface area (Å²) in [6.45, 7) is 0.165. The summed E-state index contributed by atoms with van der Waals surface area (Å²) in [5, 5.41) is 21.4. The van der Waals surface area contributed by atoms with Gasteiger partial charge in [0.2, 0.25) is 0 Å². The molecule has 0 aromatic carbocycles. The minimum atomic E-state index is -1.25. The standard InChI is InChI=1S/C20H32N6OS2/c1-26-17(11-15(25-26)13-6-7-13)23-19-14(5-4-10-27)12-22-20(24-19)16-8-9-18(28-16)29(2,3)21/h8-9,12-13,15,17,25,27H,4-7,10-11,21H2,1-3H3,(H,22,23,24). The molecule has 5 N–H and O–H groups in total. The number of nitrogens with zero attached hydrogens (tertiary/aromatic N) is 3. The summed E-state index contributed by atoms with van der Waals surface area (Å²) in [6.07, 6.45) is 11.5. The maximum Gasteiger partial charge on any atom is 0.171 e. The van der Waals surface area contributed by atoms with Crippen molar-refractivity contribution in [2.75, 3.05) is 31.5 Å². The summed E-state index contributed by atoms with van der Waals surface area (Å²) >= 11 is 1.68. The average molecular weight is 437 g/mol. The topological polar surface area (TPSA) is 99.3 Å². The molecule has 1 aliphatic carbocycles. The molecular formula is C20H32N6OS2. The first-order valence-electron chi connectivity index (χ1n) is 10.2. The van der Waals surface area contributed by atoms with E-state index in [4.69, 9.17) is 10.1 Å². The van der Waals surface area contributed by atoms with Crippen LogP contribution in [0.3, 0.4) is 0 Å². The van der Waals surface area contributed by atoms with Gasteiger partial charge in [0.15, 0.2) is 5.82 Å². The number of aromatic nitrogens is 2. The van der Waals surface area contributed by atoms with E-state index in [-0.39, 0.29) is 12.8 Å². The van der Waals surface area contributed by atoms with Crippen LogP contribution in [0.4, 0.5) is 5.82 Å². The van der Waals surface area contributed by atoms with Crippen LogP contribution >= 0.6 is 21.6 Å². The third-order valence-electron chi connectivity index (χ3n) is 5.60. The lowest BCUT2D eigenvalue weighted by Gasteiger charge is -2.23. The van der Waals surface area contributed by atoms with Crippen molar-refractivity contribution in [1.82, 2.24) is 20.4 Å². The van der Waals surface area contributed by atoms with Crippen molar-refractivity contribution in [2.24, 2.45) is 11.1 Å². The molecule has 2 aromatic rings. The molecule has 0 radical (unpaired) electrons. The first-order valence-corrected chi connectivity index (χ1v) is 13.5. The zero-order valence-electron chi connectivity index (χ0n) is 17.4. The van der Waals surface area contributed by atoms with Crippen LogP contribution in [0, 0.1) is 5.92 Å². The number of thiophene rings is 1. The Hall–Kier alpha value is -1.23. The maximum atomic E-state index is 9.27. The van der Waals surface area contributed by atoms with Crippen molar-refractivity contribution in [3.05, 3.63) is 23.9 Å². The molecule has 9 heteroatoms. The molecule has 2 unspecified atom stereocenters. The Morgan fingerprint density at radius 1 is 1.38 bits per heavy atom. The molecule has 2 fully saturated rings. The lowest BCUT2D eigenvalue weighted by molar-refractivity contribution is 0.239.